The highest BCUT2D eigenvalue weighted by atomic mass is 16.5. The lowest BCUT2D eigenvalue weighted by Crippen LogP contribution is -2.30. The fraction of sp³-hybridized carbons (Fsp3) is 0.360. The van der Waals surface area contributed by atoms with Crippen LogP contribution in [0.1, 0.15) is 41.4 Å². The molecule has 5 heterocycles. The van der Waals surface area contributed by atoms with Crippen molar-refractivity contribution in [2.45, 2.75) is 45.8 Å². The monoisotopic (exact) mass is 459 g/mol. The first-order valence-corrected chi connectivity index (χ1v) is 11.7. The molecule has 0 spiro atoms. The van der Waals surface area contributed by atoms with E-state index in [-0.39, 0.29) is 5.91 Å². The van der Waals surface area contributed by atoms with Crippen LogP contribution in [0, 0.1) is 6.92 Å². The second-order valence-electron chi connectivity index (χ2n) is 8.46. The molecule has 0 bridgehead atoms. The zero-order chi connectivity index (χ0) is 23.5. The second-order valence-corrected chi connectivity index (χ2v) is 8.46. The van der Waals surface area contributed by atoms with Crippen molar-refractivity contribution in [1.29, 1.82) is 0 Å². The van der Waals surface area contributed by atoms with Crippen LogP contribution in [0.5, 0.6) is 0 Å². The summed E-state index contributed by atoms with van der Waals surface area (Å²) in [6.07, 6.45) is 9.18. The lowest BCUT2D eigenvalue weighted by molar-refractivity contribution is 0.0904. The molecule has 0 saturated carbocycles. The highest BCUT2D eigenvalue weighted by molar-refractivity contribution is 5.95. The molecular formula is C25H29N7O2. The summed E-state index contributed by atoms with van der Waals surface area (Å²) < 4.78 is 9.33. The zero-order valence-electron chi connectivity index (χ0n) is 19.5. The molecule has 1 aliphatic rings. The summed E-state index contributed by atoms with van der Waals surface area (Å²) >= 11 is 0. The SMILES string of the molecule is CCn1ncc2c(NC3CCOCC3)c(CNC(=O)c3ccc(-n4cccc4)nc3)c(C)nc21. The summed E-state index contributed by atoms with van der Waals surface area (Å²) in [5.74, 6) is 0.593. The lowest BCUT2D eigenvalue weighted by atomic mass is 10.0. The molecule has 0 atom stereocenters. The van der Waals surface area contributed by atoms with Gasteiger partial charge in [0.2, 0.25) is 0 Å². The molecule has 4 aromatic heterocycles. The number of carbonyl (C=O) groups excluding carboxylic acids is 1. The predicted molar refractivity (Wildman–Crippen MR) is 130 cm³/mol. The van der Waals surface area contributed by atoms with Crippen molar-refractivity contribution < 1.29 is 9.53 Å². The number of nitrogens with zero attached hydrogens (tertiary/aromatic N) is 5. The molecule has 1 saturated heterocycles. The van der Waals surface area contributed by atoms with Crippen molar-refractivity contribution in [2.24, 2.45) is 0 Å². The Morgan fingerprint density at radius 2 is 1.97 bits per heavy atom. The van der Waals surface area contributed by atoms with Gasteiger partial charge in [-0.05, 0) is 51.0 Å². The molecule has 5 rings (SSSR count). The van der Waals surface area contributed by atoms with Gasteiger partial charge >= 0.3 is 0 Å². The molecular weight excluding hydrogens is 430 g/mol. The number of anilines is 1. The molecule has 1 fully saturated rings. The van der Waals surface area contributed by atoms with E-state index in [1.165, 1.54) is 0 Å². The van der Waals surface area contributed by atoms with E-state index in [0.717, 1.165) is 66.4 Å². The van der Waals surface area contributed by atoms with Gasteiger partial charge in [-0.3, -0.25) is 4.79 Å². The van der Waals surface area contributed by atoms with Crippen LogP contribution in [0.2, 0.25) is 0 Å². The van der Waals surface area contributed by atoms with E-state index >= 15 is 0 Å². The summed E-state index contributed by atoms with van der Waals surface area (Å²) in [5, 5.41) is 12.3. The largest absolute Gasteiger partial charge is 0.381 e. The van der Waals surface area contributed by atoms with Gasteiger partial charge in [0.1, 0.15) is 5.82 Å². The van der Waals surface area contributed by atoms with Gasteiger partial charge in [-0.1, -0.05) is 0 Å². The molecule has 2 N–H and O–H groups in total. The first-order chi connectivity index (χ1) is 16.6. The van der Waals surface area contributed by atoms with Gasteiger partial charge in [0.05, 0.1) is 22.8 Å². The third kappa shape index (κ3) is 4.38. The van der Waals surface area contributed by atoms with E-state index in [4.69, 9.17) is 9.72 Å². The number of nitrogens with one attached hydrogen (secondary N) is 2. The highest BCUT2D eigenvalue weighted by Gasteiger charge is 2.21. The quantitative estimate of drug-likeness (QED) is 0.439. The third-order valence-electron chi connectivity index (χ3n) is 6.27. The van der Waals surface area contributed by atoms with Gasteiger partial charge < -0.3 is 19.9 Å². The molecule has 34 heavy (non-hydrogen) atoms. The van der Waals surface area contributed by atoms with E-state index in [1.54, 1.807) is 12.3 Å². The fourth-order valence-electron chi connectivity index (χ4n) is 4.33. The van der Waals surface area contributed by atoms with Crippen LogP contribution in [0.25, 0.3) is 16.9 Å². The smallest absolute Gasteiger partial charge is 0.253 e. The number of aryl methyl sites for hydroxylation is 2. The number of pyridine rings is 2. The second kappa shape index (κ2) is 9.64. The molecule has 0 unspecified atom stereocenters. The van der Waals surface area contributed by atoms with Crippen LogP contribution in [-0.4, -0.2) is 49.5 Å². The molecule has 0 aromatic carbocycles. The summed E-state index contributed by atoms with van der Waals surface area (Å²) in [6, 6.07) is 7.81. The van der Waals surface area contributed by atoms with Crippen molar-refractivity contribution in [3.63, 3.8) is 0 Å². The summed E-state index contributed by atoms with van der Waals surface area (Å²) in [7, 11) is 0. The Morgan fingerprint density at radius 1 is 1.18 bits per heavy atom. The Hall–Kier alpha value is -3.72. The predicted octanol–water partition coefficient (Wildman–Crippen LogP) is 3.47. The first-order valence-electron chi connectivity index (χ1n) is 11.7. The van der Waals surface area contributed by atoms with Crippen LogP contribution < -0.4 is 10.6 Å². The number of aromatic nitrogens is 5. The average Bonchev–Trinajstić information content (AvgIpc) is 3.54. The number of hydrogen-bond donors (Lipinski definition) is 2. The zero-order valence-corrected chi connectivity index (χ0v) is 19.5. The Balaban J connectivity index is 1.39. The van der Waals surface area contributed by atoms with Gasteiger partial charge in [-0.15, -0.1) is 0 Å². The van der Waals surface area contributed by atoms with Gasteiger partial charge in [0, 0.05) is 62.2 Å². The molecule has 176 valence electrons. The normalized spacial score (nSPS) is 14.4. The minimum atomic E-state index is -0.174. The maximum absolute atomic E-state index is 12.9. The van der Waals surface area contributed by atoms with Gasteiger partial charge in [0.25, 0.3) is 5.91 Å². The maximum Gasteiger partial charge on any atom is 0.253 e. The van der Waals surface area contributed by atoms with Crippen molar-refractivity contribution >= 4 is 22.6 Å². The number of amides is 1. The summed E-state index contributed by atoms with van der Waals surface area (Å²) in [6.45, 7) is 6.63. The van der Waals surface area contributed by atoms with E-state index in [1.807, 2.05) is 53.0 Å². The molecule has 0 radical (unpaired) electrons. The summed E-state index contributed by atoms with van der Waals surface area (Å²) in [5.41, 5.74) is 4.21. The lowest BCUT2D eigenvalue weighted by Gasteiger charge is -2.26. The molecule has 0 aliphatic carbocycles. The summed E-state index contributed by atoms with van der Waals surface area (Å²) in [4.78, 5) is 22.1. The number of carbonyl (C=O) groups is 1. The van der Waals surface area contributed by atoms with Crippen molar-refractivity contribution in [2.75, 3.05) is 18.5 Å². The van der Waals surface area contributed by atoms with Crippen LogP contribution in [0.15, 0.2) is 49.1 Å². The van der Waals surface area contributed by atoms with Crippen LogP contribution in [0.3, 0.4) is 0 Å². The average molecular weight is 460 g/mol. The number of ether oxygens (including phenoxy) is 1. The first kappa shape index (κ1) is 22.1. The van der Waals surface area contributed by atoms with Crippen LogP contribution >= 0.6 is 0 Å². The Morgan fingerprint density at radius 3 is 2.68 bits per heavy atom. The van der Waals surface area contributed by atoms with E-state index < -0.39 is 0 Å². The van der Waals surface area contributed by atoms with Gasteiger partial charge in [-0.2, -0.15) is 5.10 Å². The molecule has 9 heteroatoms. The Labute approximate surface area is 198 Å². The molecule has 1 aliphatic heterocycles. The van der Waals surface area contributed by atoms with Crippen molar-refractivity contribution in [3.8, 4) is 5.82 Å². The van der Waals surface area contributed by atoms with Crippen molar-refractivity contribution in [3.05, 3.63) is 65.9 Å². The third-order valence-corrected chi connectivity index (χ3v) is 6.27. The van der Waals surface area contributed by atoms with Gasteiger partial charge in [-0.25, -0.2) is 14.6 Å². The van der Waals surface area contributed by atoms with Crippen LogP contribution in [-0.2, 0) is 17.8 Å². The number of hydrogen-bond acceptors (Lipinski definition) is 6. The minimum absolute atomic E-state index is 0.174. The Bertz CT molecular complexity index is 1270. The Kier molecular flexibility index (Phi) is 6.27. The van der Waals surface area contributed by atoms with Gasteiger partial charge in [0.15, 0.2) is 5.65 Å². The number of fused-ring (bicyclic) bond motifs is 1. The molecule has 9 nitrogen and oxygen atoms in total. The highest BCUT2D eigenvalue weighted by Crippen LogP contribution is 2.30. The molecule has 4 aromatic rings. The standard InChI is InChI=1S/C25H29N7O2/c1-3-32-24-21(16-28-32)23(30-19-8-12-34-13-9-19)20(17(2)29-24)15-27-25(33)18-6-7-22(26-14-18)31-10-4-5-11-31/h4-7,10-11,14,16,19H,3,8-9,12-13,15H2,1-2H3,(H,27,33)(H,29,30). The van der Waals surface area contributed by atoms with Crippen molar-refractivity contribution in [1.82, 2.24) is 29.6 Å². The van der Waals surface area contributed by atoms with E-state index in [2.05, 4.69) is 27.6 Å². The topological polar surface area (TPSA) is 98.9 Å². The van der Waals surface area contributed by atoms with Crippen LogP contribution in [0.4, 0.5) is 5.69 Å². The number of rotatable bonds is 7. The molecule has 1 amide bonds. The fourth-order valence-corrected chi connectivity index (χ4v) is 4.33. The minimum Gasteiger partial charge on any atom is -0.381 e. The van der Waals surface area contributed by atoms with E-state index in [9.17, 15) is 4.79 Å². The van der Waals surface area contributed by atoms with E-state index in [0.29, 0.717) is 18.2 Å². The maximum atomic E-state index is 12.9.